The van der Waals surface area contributed by atoms with Crippen molar-refractivity contribution in [3.8, 4) is 0 Å². The lowest BCUT2D eigenvalue weighted by molar-refractivity contribution is 0.108. The highest BCUT2D eigenvalue weighted by atomic mass is 32.1. The van der Waals surface area contributed by atoms with Crippen LogP contribution in [0.2, 0.25) is 0 Å². The van der Waals surface area contributed by atoms with E-state index in [-0.39, 0.29) is 0 Å². The van der Waals surface area contributed by atoms with Gasteiger partial charge in [0.05, 0.1) is 11.2 Å². The molecule has 0 aliphatic heterocycles. The molecule has 2 bridgehead atoms. The molecule has 1 aromatic heterocycles. The third-order valence-corrected chi connectivity index (χ3v) is 6.52. The summed E-state index contributed by atoms with van der Waals surface area (Å²) in [4.78, 5) is 5.74. The van der Waals surface area contributed by atoms with Crippen molar-refractivity contribution in [1.82, 2.24) is 10.3 Å². The Morgan fingerprint density at radius 3 is 2.78 bits per heavy atom. The van der Waals surface area contributed by atoms with Crippen LogP contribution in [0.1, 0.15) is 50.6 Å². The molecule has 0 amide bonds. The van der Waals surface area contributed by atoms with E-state index in [1.165, 1.54) is 29.8 Å². The molecular weight excluding hydrogens is 240 g/mol. The van der Waals surface area contributed by atoms with E-state index in [2.05, 4.69) is 38.0 Å². The summed E-state index contributed by atoms with van der Waals surface area (Å²) in [5.74, 6) is 0.919. The van der Waals surface area contributed by atoms with E-state index in [0.717, 1.165) is 12.5 Å². The van der Waals surface area contributed by atoms with Crippen LogP contribution in [0.5, 0.6) is 0 Å². The number of rotatable bonds is 3. The second-order valence-corrected chi connectivity index (χ2v) is 8.03. The van der Waals surface area contributed by atoms with Gasteiger partial charge in [-0.15, -0.1) is 11.3 Å². The lowest BCUT2D eigenvalue weighted by Gasteiger charge is -2.43. The standard InChI is InChI=1S/C15H24N2S/c1-10-12(18-9-17-10)8-16-13-14(2,3)11-5-6-15(13,4)7-11/h9,11,13,16H,5-8H2,1-4H3/t11-,13?,15+/m0/s1. The van der Waals surface area contributed by atoms with Gasteiger partial charge in [-0.05, 0) is 42.9 Å². The van der Waals surface area contributed by atoms with Gasteiger partial charge in [0.1, 0.15) is 0 Å². The monoisotopic (exact) mass is 264 g/mol. The van der Waals surface area contributed by atoms with Crippen LogP contribution in [-0.4, -0.2) is 11.0 Å². The Morgan fingerprint density at radius 1 is 1.44 bits per heavy atom. The van der Waals surface area contributed by atoms with Crippen molar-refractivity contribution in [3.63, 3.8) is 0 Å². The average Bonchev–Trinajstić information content (AvgIpc) is 2.90. The molecule has 3 atom stereocenters. The predicted molar refractivity (Wildman–Crippen MR) is 76.7 cm³/mol. The molecule has 2 aliphatic carbocycles. The molecule has 100 valence electrons. The van der Waals surface area contributed by atoms with E-state index in [0.29, 0.717) is 16.9 Å². The van der Waals surface area contributed by atoms with Crippen molar-refractivity contribution in [1.29, 1.82) is 0 Å². The van der Waals surface area contributed by atoms with Gasteiger partial charge in [0, 0.05) is 17.5 Å². The van der Waals surface area contributed by atoms with Crippen LogP contribution in [0.4, 0.5) is 0 Å². The molecular formula is C15H24N2S. The van der Waals surface area contributed by atoms with Crippen LogP contribution in [0.3, 0.4) is 0 Å². The van der Waals surface area contributed by atoms with E-state index in [1.807, 2.05) is 5.51 Å². The van der Waals surface area contributed by atoms with Gasteiger partial charge in [-0.25, -0.2) is 4.98 Å². The van der Waals surface area contributed by atoms with Gasteiger partial charge in [-0.3, -0.25) is 0 Å². The number of hydrogen-bond acceptors (Lipinski definition) is 3. The summed E-state index contributed by atoms with van der Waals surface area (Å²) in [6.07, 6.45) is 4.25. The van der Waals surface area contributed by atoms with E-state index in [4.69, 9.17) is 0 Å². The Kier molecular flexibility index (Phi) is 2.83. The van der Waals surface area contributed by atoms with Crippen LogP contribution in [-0.2, 0) is 6.54 Å². The fraction of sp³-hybridized carbons (Fsp3) is 0.800. The van der Waals surface area contributed by atoms with Gasteiger partial charge in [-0.1, -0.05) is 20.8 Å². The predicted octanol–water partition coefficient (Wildman–Crippen LogP) is 3.76. The molecule has 18 heavy (non-hydrogen) atoms. The number of nitrogens with zero attached hydrogens (tertiary/aromatic N) is 1. The number of thiazole rings is 1. The molecule has 1 unspecified atom stereocenters. The first kappa shape index (κ1) is 12.6. The van der Waals surface area contributed by atoms with E-state index in [9.17, 15) is 0 Å². The molecule has 2 nitrogen and oxygen atoms in total. The number of aromatic nitrogens is 1. The van der Waals surface area contributed by atoms with Crippen LogP contribution in [0, 0.1) is 23.7 Å². The van der Waals surface area contributed by atoms with Crippen molar-refractivity contribution in [2.45, 2.75) is 59.5 Å². The van der Waals surface area contributed by atoms with Crippen molar-refractivity contribution in [3.05, 3.63) is 16.1 Å². The zero-order valence-corrected chi connectivity index (χ0v) is 12.7. The molecule has 2 aliphatic rings. The van der Waals surface area contributed by atoms with Crippen LogP contribution >= 0.6 is 11.3 Å². The first-order valence-corrected chi connectivity index (χ1v) is 7.94. The van der Waals surface area contributed by atoms with Gasteiger partial charge in [-0.2, -0.15) is 0 Å². The van der Waals surface area contributed by atoms with Gasteiger partial charge in [0.25, 0.3) is 0 Å². The highest BCUT2D eigenvalue weighted by molar-refractivity contribution is 7.09. The maximum absolute atomic E-state index is 4.34. The largest absolute Gasteiger partial charge is 0.308 e. The summed E-state index contributed by atoms with van der Waals surface area (Å²) in [5, 5.41) is 3.86. The van der Waals surface area contributed by atoms with Gasteiger partial charge in [0.15, 0.2) is 0 Å². The van der Waals surface area contributed by atoms with E-state index in [1.54, 1.807) is 11.3 Å². The molecule has 0 radical (unpaired) electrons. The molecule has 0 saturated heterocycles. The Balaban J connectivity index is 1.74. The molecule has 2 saturated carbocycles. The molecule has 0 aromatic carbocycles. The smallest absolute Gasteiger partial charge is 0.0798 e. The third kappa shape index (κ3) is 1.75. The number of nitrogens with one attached hydrogen (secondary N) is 1. The van der Waals surface area contributed by atoms with Crippen LogP contribution in [0.15, 0.2) is 5.51 Å². The highest BCUT2D eigenvalue weighted by Gasteiger charge is 2.58. The molecule has 2 fully saturated rings. The van der Waals surface area contributed by atoms with Gasteiger partial charge < -0.3 is 5.32 Å². The SMILES string of the molecule is Cc1ncsc1CNC1C(C)(C)[C@H]2CC[C@]1(C)C2. The maximum Gasteiger partial charge on any atom is 0.0798 e. The first-order chi connectivity index (χ1) is 8.43. The topological polar surface area (TPSA) is 24.9 Å². The number of fused-ring (bicyclic) bond motifs is 2. The molecule has 1 heterocycles. The Hall–Kier alpha value is -0.410. The summed E-state index contributed by atoms with van der Waals surface area (Å²) >= 11 is 1.78. The van der Waals surface area contributed by atoms with Crippen molar-refractivity contribution < 1.29 is 0 Å². The summed E-state index contributed by atoms with van der Waals surface area (Å²) in [5.41, 5.74) is 4.12. The minimum Gasteiger partial charge on any atom is -0.308 e. The van der Waals surface area contributed by atoms with E-state index >= 15 is 0 Å². The highest BCUT2D eigenvalue weighted by Crippen LogP contribution is 2.62. The van der Waals surface area contributed by atoms with Crippen LogP contribution < -0.4 is 5.32 Å². The fourth-order valence-corrected chi connectivity index (χ4v) is 5.23. The molecule has 1 aromatic rings. The number of hydrogen-bond donors (Lipinski definition) is 1. The zero-order chi connectivity index (χ0) is 13.0. The third-order valence-electron chi connectivity index (χ3n) is 5.58. The molecule has 0 spiro atoms. The Bertz CT molecular complexity index is 446. The molecule has 1 N–H and O–H groups in total. The fourth-order valence-electron chi connectivity index (χ4n) is 4.50. The Morgan fingerprint density at radius 2 is 2.22 bits per heavy atom. The van der Waals surface area contributed by atoms with Gasteiger partial charge in [0.2, 0.25) is 0 Å². The van der Waals surface area contributed by atoms with Gasteiger partial charge >= 0.3 is 0 Å². The quantitative estimate of drug-likeness (QED) is 0.899. The zero-order valence-electron chi connectivity index (χ0n) is 11.9. The summed E-state index contributed by atoms with van der Waals surface area (Å²) < 4.78 is 0. The minimum absolute atomic E-state index is 0.450. The lowest BCUT2D eigenvalue weighted by atomic mass is 9.68. The first-order valence-electron chi connectivity index (χ1n) is 7.06. The summed E-state index contributed by atoms with van der Waals surface area (Å²) in [7, 11) is 0. The van der Waals surface area contributed by atoms with Crippen LogP contribution in [0.25, 0.3) is 0 Å². The minimum atomic E-state index is 0.450. The molecule has 3 heteroatoms. The maximum atomic E-state index is 4.34. The lowest BCUT2D eigenvalue weighted by Crippen LogP contribution is -2.49. The summed E-state index contributed by atoms with van der Waals surface area (Å²) in [6, 6.07) is 0.658. The van der Waals surface area contributed by atoms with Crippen molar-refractivity contribution in [2.75, 3.05) is 0 Å². The second kappa shape index (κ2) is 4.04. The Labute approximate surface area is 114 Å². The van der Waals surface area contributed by atoms with E-state index < -0.39 is 0 Å². The number of aryl methyl sites for hydroxylation is 1. The summed E-state index contributed by atoms with van der Waals surface area (Å²) in [6.45, 7) is 10.5. The normalized spacial score (nSPS) is 37.3. The average molecular weight is 264 g/mol. The second-order valence-electron chi connectivity index (χ2n) is 7.09. The van der Waals surface area contributed by atoms with Crippen molar-refractivity contribution >= 4 is 11.3 Å². The van der Waals surface area contributed by atoms with Crippen molar-refractivity contribution in [2.24, 2.45) is 16.7 Å². The molecule has 3 rings (SSSR count).